The lowest BCUT2D eigenvalue weighted by Gasteiger charge is -2.18. The number of carbonyl (C=O) groups is 2. The summed E-state index contributed by atoms with van der Waals surface area (Å²) in [5, 5.41) is 11.7. The Kier molecular flexibility index (Phi) is 5.42. The van der Waals surface area contributed by atoms with Gasteiger partial charge in [0.05, 0.1) is 0 Å². The number of benzene rings is 3. The third-order valence-electron chi connectivity index (χ3n) is 5.13. The van der Waals surface area contributed by atoms with Gasteiger partial charge in [0.15, 0.2) is 6.04 Å². The number of carboxylic acid groups (broad SMARTS) is 1. The second-order valence-corrected chi connectivity index (χ2v) is 7.31. The number of fused-ring (bicyclic) bond motifs is 3. The van der Waals surface area contributed by atoms with E-state index in [0.717, 1.165) is 34.4 Å². The first-order valence-electron chi connectivity index (χ1n) is 9.25. The summed E-state index contributed by atoms with van der Waals surface area (Å²) in [6, 6.07) is 17.6. The van der Waals surface area contributed by atoms with Crippen molar-refractivity contribution in [2.45, 2.75) is 12.0 Å². The van der Waals surface area contributed by atoms with Gasteiger partial charge in [-0.1, -0.05) is 66.2 Å². The second kappa shape index (κ2) is 8.16. The molecule has 0 saturated heterocycles. The minimum atomic E-state index is -1.46. The summed E-state index contributed by atoms with van der Waals surface area (Å²) in [4.78, 5) is 24.0. The summed E-state index contributed by atoms with van der Waals surface area (Å²) in [7, 11) is 0. The van der Waals surface area contributed by atoms with Gasteiger partial charge >= 0.3 is 12.1 Å². The lowest BCUT2D eigenvalue weighted by molar-refractivity contribution is -0.139. The molecule has 30 heavy (non-hydrogen) atoms. The number of carboxylic acids is 1. The molecule has 1 amide bonds. The molecule has 1 aliphatic rings. The van der Waals surface area contributed by atoms with Crippen molar-refractivity contribution >= 4 is 23.7 Å². The van der Waals surface area contributed by atoms with E-state index in [4.69, 9.17) is 16.3 Å². The number of alkyl carbamates (subject to hydrolysis) is 1. The number of rotatable bonds is 5. The van der Waals surface area contributed by atoms with Crippen LogP contribution in [-0.4, -0.2) is 23.8 Å². The number of nitrogens with one attached hydrogen (secondary N) is 1. The fraction of sp³-hybridized carbons (Fsp3) is 0.130. The van der Waals surface area contributed by atoms with E-state index in [1.807, 2.05) is 48.5 Å². The molecule has 0 saturated carbocycles. The average Bonchev–Trinajstić information content (AvgIpc) is 3.05. The quantitative estimate of drug-likeness (QED) is 0.593. The highest BCUT2D eigenvalue weighted by Gasteiger charge is 2.30. The van der Waals surface area contributed by atoms with Crippen LogP contribution in [-0.2, 0) is 9.53 Å². The van der Waals surface area contributed by atoms with Crippen LogP contribution in [0, 0.1) is 5.82 Å². The van der Waals surface area contributed by atoms with E-state index in [2.05, 4.69) is 5.32 Å². The van der Waals surface area contributed by atoms with Crippen molar-refractivity contribution < 1.29 is 23.8 Å². The number of halogens is 2. The SMILES string of the molecule is O=C(NC(C(=O)O)c1ccc(F)cc1Cl)OCC1c2ccccc2-c2ccccc21. The van der Waals surface area contributed by atoms with E-state index >= 15 is 0 Å². The fourth-order valence-electron chi connectivity index (χ4n) is 3.77. The minimum Gasteiger partial charge on any atom is -0.479 e. The monoisotopic (exact) mass is 425 g/mol. The number of aliphatic carboxylic acids is 1. The number of amides is 1. The molecule has 1 unspecified atom stereocenters. The van der Waals surface area contributed by atoms with E-state index in [1.54, 1.807) is 0 Å². The zero-order valence-electron chi connectivity index (χ0n) is 15.6. The predicted molar refractivity (Wildman–Crippen MR) is 110 cm³/mol. The Morgan fingerprint density at radius 1 is 1.03 bits per heavy atom. The highest BCUT2D eigenvalue weighted by Crippen LogP contribution is 2.44. The topological polar surface area (TPSA) is 75.6 Å². The number of hydrogen-bond donors (Lipinski definition) is 2. The largest absolute Gasteiger partial charge is 0.479 e. The first-order valence-corrected chi connectivity index (χ1v) is 9.62. The van der Waals surface area contributed by atoms with Crippen LogP contribution in [0.2, 0.25) is 5.02 Å². The third-order valence-corrected chi connectivity index (χ3v) is 5.45. The van der Waals surface area contributed by atoms with Gasteiger partial charge in [-0.05, 0) is 34.4 Å². The van der Waals surface area contributed by atoms with Crippen molar-refractivity contribution in [1.82, 2.24) is 5.32 Å². The van der Waals surface area contributed by atoms with Crippen LogP contribution < -0.4 is 5.32 Å². The molecular formula is C23H17ClFNO4. The van der Waals surface area contributed by atoms with E-state index in [1.165, 1.54) is 6.07 Å². The molecule has 0 aromatic heterocycles. The molecule has 4 rings (SSSR count). The maximum atomic E-state index is 13.3. The molecule has 0 radical (unpaired) electrons. The van der Waals surface area contributed by atoms with Gasteiger partial charge in [0.2, 0.25) is 0 Å². The summed E-state index contributed by atoms with van der Waals surface area (Å²) in [5.74, 6) is -2.09. The average molecular weight is 426 g/mol. The Morgan fingerprint density at radius 2 is 1.63 bits per heavy atom. The highest BCUT2D eigenvalue weighted by atomic mass is 35.5. The third kappa shape index (κ3) is 3.74. The molecule has 0 fully saturated rings. The standard InChI is InChI=1S/C23H17ClFNO4/c24-20-11-13(25)9-10-18(20)21(22(27)28)26-23(29)30-12-19-16-7-3-1-5-14(16)15-6-2-4-8-17(15)19/h1-11,19,21H,12H2,(H,26,29)(H,27,28). The summed E-state index contributed by atoms with van der Waals surface area (Å²) in [5.41, 5.74) is 4.33. The second-order valence-electron chi connectivity index (χ2n) is 6.91. The lowest BCUT2D eigenvalue weighted by Crippen LogP contribution is -2.35. The fourth-order valence-corrected chi connectivity index (χ4v) is 4.04. The molecule has 1 aliphatic carbocycles. The van der Waals surface area contributed by atoms with Crippen LogP contribution in [0.15, 0.2) is 66.7 Å². The Bertz CT molecular complexity index is 1090. The van der Waals surface area contributed by atoms with Crippen molar-refractivity contribution in [2.75, 3.05) is 6.61 Å². The van der Waals surface area contributed by atoms with Gasteiger partial charge in [0, 0.05) is 16.5 Å². The molecular weight excluding hydrogens is 409 g/mol. The van der Waals surface area contributed by atoms with Crippen molar-refractivity contribution in [1.29, 1.82) is 0 Å². The van der Waals surface area contributed by atoms with Gasteiger partial charge in [0.1, 0.15) is 12.4 Å². The Labute approximate surface area is 177 Å². The molecule has 0 aliphatic heterocycles. The summed E-state index contributed by atoms with van der Waals surface area (Å²) in [6.45, 7) is 0.0450. The van der Waals surface area contributed by atoms with Crippen molar-refractivity contribution in [2.24, 2.45) is 0 Å². The highest BCUT2D eigenvalue weighted by molar-refractivity contribution is 6.31. The summed E-state index contributed by atoms with van der Waals surface area (Å²) >= 11 is 5.95. The Morgan fingerprint density at radius 3 is 2.20 bits per heavy atom. The molecule has 1 atom stereocenters. The number of hydrogen-bond acceptors (Lipinski definition) is 3. The van der Waals surface area contributed by atoms with Crippen LogP contribution in [0.1, 0.15) is 28.7 Å². The predicted octanol–water partition coefficient (Wildman–Crippen LogP) is 5.14. The van der Waals surface area contributed by atoms with Crippen LogP contribution in [0.4, 0.5) is 9.18 Å². The molecule has 152 valence electrons. The van der Waals surface area contributed by atoms with Crippen LogP contribution >= 0.6 is 11.6 Å². The van der Waals surface area contributed by atoms with E-state index in [0.29, 0.717) is 0 Å². The normalized spacial score (nSPS) is 13.3. The molecule has 0 heterocycles. The van der Waals surface area contributed by atoms with Crippen molar-refractivity contribution in [3.05, 3.63) is 94.3 Å². The van der Waals surface area contributed by atoms with Crippen molar-refractivity contribution in [3.8, 4) is 11.1 Å². The van der Waals surface area contributed by atoms with E-state index < -0.39 is 23.9 Å². The van der Waals surface area contributed by atoms with E-state index in [-0.39, 0.29) is 23.1 Å². The van der Waals surface area contributed by atoms with Crippen molar-refractivity contribution in [3.63, 3.8) is 0 Å². The maximum absolute atomic E-state index is 13.3. The maximum Gasteiger partial charge on any atom is 0.408 e. The van der Waals surface area contributed by atoms with E-state index in [9.17, 15) is 19.1 Å². The Balaban J connectivity index is 1.50. The molecule has 3 aromatic carbocycles. The molecule has 0 bridgehead atoms. The first-order chi connectivity index (χ1) is 14.5. The molecule has 0 spiro atoms. The zero-order valence-corrected chi connectivity index (χ0v) is 16.4. The van der Waals surface area contributed by atoms with Crippen LogP contribution in [0.25, 0.3) is 11.1 Å². The molecule has 5 nitrogen and oxygen atoms in total. The van der Waals surface area contributed by atoms with Gasteiger partial charge in [0.25, 0.3) is 0 Å². The van der Waals surface area contributed by atoms with Gasteiger partial charge in [-0.3, -0.25) is 0 Å². The van der Waals surface area contributed by atoms with Crippen LogP contribution in [0.3, 0.4) is 0 Å². The molecule has 7 heteroatoms. The van der Waals surface area contributed by atoms with Gasteiger partial charge < -0.3 is 15.2 Å². The van der Waals surface area contributed by atoms with Gasteiger partial charge in [-0.25, -0.2) is 14.0 Å². The smallest absolute Gasteiger partial charge is 0.408 e. The Hall–Kier alpha value is -3.38. The van der Waals surface area contributed by atoms with Gasteiger partial charge in [-0.15, -0.1) is 0 Å². The summed E-state index contributed by atoms with van der Waals surface area (Å²) in [6.07, 6.45) is -0.898. The molecule has 2 N–H and O–H groups in total. The first kappa shape index (κ1) is 19.9. The number of ether oxygens (including phenoxy) is 1. The molecule has 3 aromatic rings. The van der Waals surface area contributed by atoms with Crippen LogP contribution in [0.5, 0.6) is 0 Å². The lowest BCUT2D eigenvalue weighted by atomic mass is 9.98. The zero-order chi connectivity index (χ0) is 21.3. The number of carbonyl (C=O) groups excluding carboxylic acids is 1. The van der Waals surface area contributed by atoms with Gasteiger partial charge in [-0.2, -0.15) is 0 Å². The minimum absolute atomic E-state index is 0.0450. The summed E-state index contributed by atoms with van der Waals surface area (Å²) < 4.78 is 18.6.